The van der Waals surface area contributed by atoms with E-state index >= 15 is 0 Å². The number of urea groups is 1. The van der Waals surface area contributed by atoms with Gasteiger partial charge in [0, 0.05) is 18.7 Å². The number of aryl methyl sites for hydroxylation is 1. The highest BCUT2D eigenvalue weighted by molar-refractivity contribution is 7.91. The summed E-state index contributed by atoms with van der Waals surface area (Å²) in [6.45, 7) is 8.62. The number of nitrogens with zero attached hydrogens (tertiary/aromatic N) is 2. The number of nitrogens with one attached hydrogen (secondary N) is 3. The van der Waals surface area contributed by atoms with Gasteiger partial charge in [-0.1, -0.05) is 27.7 Å². The van der Waals surface area contributed by atoms with Crippen LogP contribution in [0.3, 0.4) is 0 Å². The maximum atomic E-state index is 14.1. The van der Waals surface area contributed by atoms with Crippen LogP contribution in [0.1, 0.15) is 57.1 Å². The van der Waals surface area contributed by atoms with Gasteiger partial charge in [0.05, 0.1) is 12.8 Å². The number of rotatable bonds is 5. The largest absolute Gasteiger partial charge is 0.477 e. The topological polar surface area (TPSA) is 109 Å². The van der Waals surface area contributed by atoms with Gasteiger partial charge < -0.3 is 10.1 Å². The third-order valence-corrected chi connectivity index (χ3v) is 6.08. The molecule has 1 aliphatic rings. The zero-order valence-corrected chi connectivity index (χ0v) is 17.7. The van der Waals surface area contributed by atoms with E-state index in [9.17, 15) is 13.4 Å². The Kier molecular flexibility index (Phi) is 5.83. The van der Waals surface area contributed by atoms with Gasteiger partial charge in [0.15, 0.2) is 9.92 Å². The number of hydrogen-bond donors (Lipinski definition) is 3. The van der Waals surface area contributed by atoms with Crippen LogP contribution in [0, 0.1) is 10.6 Å². The molecule has 10 heteroatoms. The normalized spacial score (nSPS) is 15.6. The highest BCUT2D eigenvalue weighted by Gasteiger charge is 2.26. The van der Waals surface area contributed by atoms with Gasteiger partial charge >= 0.3 is 6.03 Å². The average molecular weight is 424 g/mol. The molecular weight excluding hydrogens is 397 g/mol. The van der Waals surface area contributed by atoms with Crippen LogP contribution in [0.4, 0.5) is 14.9 Å². The van der Waals surface area contributed by atoms with Crippen LogP contribution in [0.2, 0.25) is 0 Å². The Hall–Kier alpha value is -2.62. The molecule has 2 amide bonds. The Morgan fingerprint density at radius 1 is 1.28 bits per heavy atom. The molecule has 1 aliphatic heterocycles. The molecule has 1 atom stereocenters. The number of carbonyl (C=O) groups is 1. The van der Waals surface area contributed by atoms with Crippen LogP contribution in [0.25, 0.3) is 0 Å². The van der Waals surface area contributed by atoms with E-state index in [4.69, 9.17) is 9.52 Å². The van der Waals surface area contributed by atoms with E-state index in [0.29, 0.717) is 30.0 Å². The number of carbonyl (C=O) groups excluding carboxylic acids is 1. The van der Waals surface area contributed by atoms with Crippen LogP contribution in [-0.4, -0.2) is 26.6 Å². The van der Waals surface area contributed by atoms with E-state index in [1.807, 2.05) is 27.7 Å². The molecule has 0 spiro atoms. The lowest BCUT2D eigenvalue weighted by atomic mass is 9.92. The highest BCUT2D eigenvalue weighted by Crippen LogP contribution is 2.34. The summed E-state index contributed by atoms with van der Waals surface area (Å²) in [7, 11) is -3.70. The Labute approximate surface area is 169 Å². The number of hydrogen-bond acceptors (Lipinski definition) is 5. The lowest BCUT2D eigenvalue weighted by Gasteiger charge is -2.21. The minimum absolute atomic E-state index is 0.0274. The monoisotopic (exact) mass is 423 g/mol. The molecule has 8 nitrogen and oxygen atoms in total. The van der Waals surface area contributed by atoms with Gasteiger partial charge in [-0.3, -0.25) is 0 Å². The first-order valence-electron chi connectivity index (χ1n) is 9.49. The van der Waals surface area contributed by atoms with Gasteiger partial charge in [0.25, 0.3) is 0 Å². The molecule has 1 unspecified atom stereocenters. The standard InChI is InChI=1S/C19H26FN5O3S/c1-11(2)14-8-13(20)9-15(12(3)4)17(14)23-19(26)24-29(21,27)16-10-22-25-6-5-7-28-18(16)25/h8-12H,5-7H2,1-4H3,(H3,21,23,24,26,27). The smallest absolute Gasteiger partial charge is 0.331 e. The molecule has 0 aliphatic carbocycles. The van der Waals surface area contributed by atoms with Crippen molar-refractivity contribution in [1.82, 2.24) is 14.5 Å². The number of benzene rings is 1. The Balaban J connectivity index is 1.88. The molecule has 2 aromatic rings. The summed E-state index contributed by atoms with van der Waals surface area (Å²) in [5, 5.41) is 6.76. The predicted octanol–water partition coefficient (Wildman–Crippen LogP) is 4.19. The van der Waals surface area contributed by atoms with Crippen molar-refractivity contribution in [3.63, 3.8) is 0 Å². The molecule has 0 saturated heterocycles. The third-order valence-electron chi connectivity index (χ3n) is 4.71. The molecule has 0 fully saturated rings. The van der Waals surface area contributed by atoms with E-state index in [-0.39, 0.29) is 28.4 Å². The Bertz CT molecular complexity index is 1000. The fourth-order valence-electron chi connectivity index (χ4n) is 3.27. The van der Waals surface area contributed by atoms with Crippen LogP contribution in [-0.2, 0) is 16.5 Å². The number of amides is 2. The average Bonchev–Trinajstić information content (AvgIpc) is 3.07. The summed E-state index contributed by atoms with van der Waals surface area (Å²) in [6.07, 6.45) is 2.05. The number of fused-ring (bicyclic) bond motifs is 1. The zero-order chi connectivity index (χ0) is 21.3. The van der Waals surface area contributed by atoms with Gasteiger partial charge in [0.2, 0.25) is 5.88 Å². The van der Waals surface area contributed by atoms with E-state index in [1.54, 1.807) is 0 Å². The van der Waals surface area contributed by atoms with Crippen molar-refractivity contribution in [2.75, 3.05) is 11.9 Å². The number of anilines is 1. The summed E-state index contributed by atoms with van der Waals surface area (Å²) < 4.78 is 44.4. The first-order valence-corrected chi connectivity index (χ1v) is 11.1. The maximum Gasteiger partial charge on any atom is 0.331 e. The van der Waals surface area contributed by atoms with E-state index in [2.05, 4.69) is 15.1 Å². The first kappa shape index (κ1) is 21.1. The third kappa shape index (κ3) is 4.36. The molecule has 1 aromatic heterocycles. The van der Waals surface area contributed by atoms with E-state index < -0.39 is 15.9 Å². The summed E-state index contributed by atoms with van der Waals surface area (Å²) in [5.41, 5.74) is 1.73. The van der Waals surface area contributed by atoms with Crippen LogP contribution in [0.5, 0.6) is 5.88 Å². The minimum Gasteiger partial charge on any atom is -0.477 e. The van der Waals surface area contributed by atoms with Gasteiger partial charge in [0.1, 0.15) is 10.7 Å². The molecule has 0 radical (unpaired) electrons. The van der Waals surface area contributed by atoms with Crippen molar-refractivity contribution in [1.29, 1.82) is 4.78 Å². The van der Waals surface area contributed by atoms with Crippen molar-refractivity contribution in [3.05, 3.63) is 35.3 Å². The molecule has 2 heterocycles. The van der Waals surface area contributed by atoms with Gasteiger partial charge in [-0.15, -0.1) is 0 Å². The molecular formula is C19H26FN5O3S. The van der Waals surface area contributed by atoms with Crippen molar-refractivity contribution < 1.29 is 18.1 Å². The summed E-state index contributed by atoms with van der Waals surface area (Å²) in [4.78, 5) is 12.7. The maximum absolute atomic E-state index is 14.1. The first-order chi connectivity index (χ1) is 13.6. The molecule has 0 saturated carbocycles. The summed E-state index contributed by atoms with van der Waals surface area (Å²) >= 11 is 0. The lowest BCUT2D eigenvalue weighted by molar-refractivity contribution is 0.224. The fraction of sp³-hybridized carbons (Fsp3) is 0.474. The second-order valence-electron chi connectivity index (χ2n) is 7.62. The van der Waals surface area contributed by atoms with E-state index in [1.165, 1.54) is 23.0 Å². The second-order valence-corrected chi connectivity index (χ2v) is 9.38. The molecule has 158 valence electrons. The minimum atomic E-state index is -3.70. The molecule has 29 heavy (non-hydrogen) atoms. The van der Waals surface area contributed by atoms with Crippen molar-refractivity contribution >= 4 is 21.6 Å². The molecule has 0 bridgehead atoms. The van der Waals surface area contributed by atoms with Crippen LogP contribution in [0.15, 0.2) is 23.2 Å². The Morgan fingerprint density at radius 2 is 1.90 bits per heavy atom. The van der Waals surface area contributed by atoms with Crippen molar-refractivity contribution in [2.24, 2.45) is 0 Å². The molecule has 3 N–H and O–H groups in total. The Morgan fingerprint density at radius 3 is 2.48 bits per heavy atom. The predicted molar refractivity (Wildman–Crippen MR) is 108 cm³/mol. The zero-order valence-electron chi connectivity index (χ0n) is 16.9. The van der Waals surface area contributed by atoms with E-state index in [0.717, 1.165) is 6.42 Å². The van der Waals surface area contributed by atoms with Gasteiger partial charge in [-0.2, -0.15) is 5.10 Å². The molecule has 3 rings (SSSR count). The van der Waals surface area contributed by atoms with Crippen molar-refractivity contribution in [3.8, 4) is 5.88 Å². The van der Waals surface area contributed by atoms with Gasteiger partial charge in [-0.05, 0) is 35.1 Å². The quantitative estimate of drug-likeness (QED) is 0.670. The summed E-state index contributed by atoms with van der Waals surface area (Å²) in [5.74, 6) is -0.231. The summed E-state index contributed by atoms with van der Waals surface area (Å²) in [6, 6.07) is 1.95. The van der Waals surface area contributed by atoms with Crippen LogP contribution < -0.4 is 14.8 Å². The number of ether oxygens (including phenoxy) is 1. The second kappa shape index (κ2) is 8.02. The molecule has 1 aromatic carbocycles. The SMILES string of the molecule is CC(C)c1cc(F)cc(C(C)C)c1NC(=O)NS(=N)(=O)c1cnn2c1OCCC2. The fourth-order valence-corrected chi connectivity index (χ4v) is 4.30. The van der Waals surface area contributed by atoms with Gasteiger partial charge in [-0.25, -0.2) is 27.6 Å². The van der Waals surface area contributed by atoms with Crippen molar-refractivity contribution in [2.45, 2.75) is 57.4 Å². The number of aromatic nitrogens is 2. The highest BCUT2D eigenvalue weighted by atomic mass is 32.2. The van der Waals surface area contributed by atoms with Crippen LogP contribution >= 0.6 is 0 Å². The number of halogens is 1. The lowest BCUT2D eigenvalue weighted by Crippen LogP contribution is -2.34.